The molecule has 0 radical (unpaired) electrons. The highest BCUT2D eigenvalue weighted by Gasteiger charge is 2.44. The lowest BCUT2D eigenvalue weighted by Crippen LogP contribution is -2.37. The van der Waals surface area contributed by atoms with Gasteiger partial charge in [-0.15, -0.1) is 0 Å². The summed E-state index contributed by atoms with van der Waals surface area (Å²) in [6, 6.07) is -0.445. The van der Waals surface area contributed by atoms with Crippen molar-refractivity contribution in [3.8, 4) is 0 Å². The van der Waals surface area contributed by atoms with Crippen molar-refractivity contribution < 1.29 is 14.7 Å². The number of carbonyl (C=O) groups excluding carboxylic acids is 2. The molecule has 1 amide bonds. The van der Waals surface area contributed by atoms with Gasteiger partial charge in [0.2, 0.25) is 0 Å². The first-order valence-corrected chi connectivity index (χ1v) is 8.20. The third-order valence-electron chi connectivity index (χ3n) is 3.93. The minimum atomic E-state index is -0.445. The van der Waals surface area contributed by atoms with E-state index in [1.807, 2.05) is 20.8 Å². The van der Waals surface area contributed by atoms with Crippen LogP contribution in [0.2, 0.25) is 0 Å². The molecule has 1 N–H and O–H groups in total. The maximum Gasteiger partial charge on any atom is 0.261 e. The number of aliphatic hydroxyl groups is 1. The molecule has 124 valence electrons. The zero-order valence-electron chi connectivity index (χ0n) is 14.5. The first-order chi connectivity index (χ1) is 10.3. The molecular weight excluding hydrogens is 278 g/mol. The van der Waals surface area contributed by atoms with Gasteiger partial charge in [0.15, 0.2) is 5.78 Å². The van der Waals surface area contributed by atoms with Crippen LogP contribution in [0.15, 0.2) is 23.0 Å². The van der Waals surface area contributed by atoms with Crippen molar-refractivity contribution in [3.05, 3.63) is 23.0 Å². The molecule has 4 heteroatoms. The van der Waals surface area contributed by atoms with E-state index in [0.717, 1.165) is 24.8 Å². The minimum Gasteiger partial charge on any atom is -0.512 e. The number of allylic oxidation sites excluding steroid dienone is 2. The average Bonchev–Trinajstić information content (AvgIpc) is 2.62. The van der Waals surface area contributed by atoms with Gasteiger partial charge in [0.05, 0.1) is 6.04 Å². The second-order valence-electron chi connectivity index (χ2n) is 6.60. The van der Waals surface area contributed by atoms with Crippen molar-refractivity contribution >= 4 is 11.7 Å². The summed E-state index contributed by atoms with van der Waals surface area (Å²) < 4.78 is 0. The molecule has 0 aliphatic carbocycles. The number of aliphatic hydroxyl groups excluding tert-OH is 1. The summed E-state index contributed by atoms with van der Waals surface area (Å²) in [5.74, 6) is -0.426. The van der Waals surface area contributed by atoms with Gasteiger partial charge in [0, 0.05) is 6.54 Å². The molecule has 22 heavy (non-hydrogen) atoms. The molecule has 1 heterocycles. The predicted octanol–water partition coefficient (Wildman–Crippen LogP) is 3.78. The Kier molecular flexibility index (Phi) is 6.85. The molecule has 1 saturated heterocycles. The van der Waals surface area contributed by atoms with Gasteiger partial charge in [0.25, 0.3) is 5.91 Å². The van der Waals surface area contributed by atoms with Crippen LogP contribution in [-0.2, 0) is 9.59 Å². The molecule has 0 spiro atoms. The van der Waals surface area contributed by atoms with E-state index in [4.69, 9.17) is 0 Å². The van der Waals surface area contributed by atoms with Crippen molar-refractivity contribution in [1.82, 2.24) is 4.90 Å². The second kappa shape index (κ2) is 8.16. The summed E-state index contributed by atoms with van der Waals surface area (Å²) in [7, 11) is 0. The minimum absolute atomic E-state index is 0.0352. The van der Waals surface area contributed by atoms with Crippen molar-refractivity contribution in [2.24, 2.45) is 5.92 Å². The van der Waals surface area contributed by atoms with Crippen LogP contribution in [0.4, 0.5) is 0 Å². The first kappa shape index (κ1) is 18.5. The van der Waals surface area contributed by atoms with Gasteiger partial charge in [0.1, 0.15) is 11.3 Å². The van der Waals surface area contributed by atoms with Crippen LogP contribution >= 0.6 is 0 Å². The van der Waals surface area contributed by atoms with E-state index in [-0.39, 0.29) is 23.0 Å². The van der Waals surface area contributed by atoms with Gasteiger partial charge in [-0.1, -0.05) is 45.3 Å². The maximum absolute atomic E-state index is 12.5. The molecule has 1 atom stereocenters. The second-order valence-corrected chi connectivity index (χ2v) is 6.60. The summed E-state index contributed by atoms with van der Waals surface area (Å²) in [6.07, 6.45) is 6.03. The molecule has 0 aromatic rings. The zero-order valence-corrected chi connectivity index (χ0v) is 14.5. The average molecular weight is 307 g/mol. The number of hydrogen-bond acceptors (Lipinski definition) is 3. The highest BCUT2D eigenvalue weighted by molar-refractivity contribution is 6.26. The summed E-state index contributed by atoms with van der Waals surface area (Å²) >= 11 is 0. The normalized spacial score (nSPS) is 22.0. The number of Topliss-reactive ketones (excluding diaryl/α,β-unsaturated/α-hetero) is 1. The SMILES string of the molecule is CCCCC=C(C)CN1C(=O)C(=C(C)O)C(=O)C1CC(C)C. The third-order valence-corrected chi connectivity index (χ3v) is 3.93. The molecule has 1 rings (SSSR count). The predicted molar refractivity (Wildman–Crippen MR) is 88.6 cm³/mol. The molecule has 1 aliphatic heterocycles. The third kappa shape index (κ3) is 4.46. The number of ketones is 1. The maximum atomic E-state index is 12.5. The molecule has 1 fully saturated rings. The van der Waals surface area contributed by atoms with Gasteiger partial charge in [-0.25, -0.2) is 0 Å². The Bertz CT molecular complexity index is 485. The molecular formula is C18H29NO3. The van der Waals surface area contributed by atoms with E-state index in [0.29, 0.717) is 18.9 Å². The Morgan fingerprint density at radius 1 is 1.32 bits per heavy atom. The van der Waals surface area contributed by atoms with Crippen LogP contribution in [-0.4, -0.2) is 34.3 Å². The molecule has 1 aliphatic rings. The van der Waals surface area contributed by atoms with E-state index in [2.05, 4.69) is 13.0 Å². The Hall–Kier alpha value is -1.58. The molecule has 1 unspecified atom stereocenters. The van der Waals surface area contributed by atoms with Crippen LogP contribution in [0.25, 0.3) is 0 Å². The molecule has 0 saturated carbocycles. The molecule has 0 aromatic heterocycles. The number of hydrogen-bond donors (Lipinski definition) is 1. The lowest BCUT2D eigenvalue weighted by atomic mass is 9.99. The standard InChI is InChI=1S/C18H29NO3/c1-6-7-8-9-13(4)11-19-15(10-12(2)3)17(21)16(14(5)20)18(19)22/h9,12,15,20H,6-8,10-11H2,1-5H3. The van der Waals surface area contributed by atoms with Crippen LogP contribution < -0.4 is 0 Å². The summed E-state index contributed by atoms with van der Waals surface area (Å²) in [5.41, 5.74) is 1.06. The van der Waals surface area contributed by atoms with Crippen LogP contribution in [0.1, 0.15) is 60.3 Å². The molecule has 0 bridgehead atoms. The Morgan fingerprint density at radius 3 is 2.45 bits per heavy atom. The van der Waals surface area contributed by atoms with E-state index in [9.17, 15) is 14.7 Å². The summed E-state index contributed by atoms with van der Waals surface area (Å²) in [5, 5.41) is 9.67. The van der Waals surface area contributed by atoms with Gasteiger partial charge in [-0.05, 0) is 32.6 Å². The van der Waals surface area contributed by atoms with Crippen LogP contribution in [0, 0.1) is 5.92 Å². The summed E-state index contributed by atoms with van der Waals surface area (Å²) in [6.45, 7) is 10.1. The number of carbonyl (C=O) groups is 2. The number of rotatable bonds is 7. The van der Waals surface area contributed by atoms with E-state index in [1.165, 1.54) is 6.92 Å². The van der Waals surface area contributed by atoms with Crippen LogP contribution in [0.5, 0.6) is 0 Å². The molecule has 0 aromatic carbocycles. The number of nitrogens with zero attached hydrogens (tertiary/aromatic N) is 1. The van der Waals surface area contributed by atoms with Gasteiger partial charge < -0.3 is 10.0 Å². The van der Waals surface area contributed by atoms with E-state index in [1.54, 1.807) is 4.90 Å². The highest BCUT2D eigenvalue weighted by Crippen LogP contribution is 2.28. The fourth-order valence-electron chi connectivity index (χ4n) is 2.78. The monoisotopic (exact) mass is 307 g/mol. The van der Waals surface area contributed by atoms with Gasteiger partial charge in [-0.2, -0.15) is 0 Å². The summed E-state index contributed by atoms with van der Waals surface area (Å²) in [4.78, 5) is 26.5. The van der Waals surface area contributed by atoms with Crippen molar-refractivity contribution in [2.75, 3.05) is 6.54 Å². The largest absolute Gasteiger partial charge is 0.512 e. The van der Waals surface area contributed by atoms with E-state index >= 15 is 0 Å². The lowest BCUT2D eigenvalue weighted by Gasteiger charge is -2.24. The number of unbranched alkanes of at least 4 members (excludes halogenated alkanes) is 2. The van der Waals surface area contributed by atoms with Crippen molar-refractivity contribution in [1.29, 1.82) is 0 Å². The molecule has 4 nitrogen and oxygen atoms in total. The number of amides is 1. The lowest BCUT2D eigenvalue weighted by molar-refractivity contribution is -0.126. The van der Waals surface area contributed by atoms with Gasteiger partial charge >= 0.3 is 0 Å². The van der Waals surface area contributed by atoms with E-state index < -0.39 is 6.04 Å². The fourth-order valence-corrected chi connectivity index (χ4v) is 2.78. The fraction of sp³-hybridized carbons (Fsp3) is 0.667. The smallest absolute Gasteiger partial charge is 0.261 e. The quantitative estimate of drug-likeness (QED) is 0.256. The number of likely N-dealkylation sites (tertiary alicyclic amines) is 1. The highest BCUT2D eigenvalue weighted by atomic mass is 16.3. The first-order valence-electron chi connectivity index (χ1n) is 8.20. The Labute approximate surface area is 133 Å². The van der Waals surface area contributed by atoms with Crippen LogP contribution in [0.3, 0.4) is 0 Å². The van der Waals surface area contributed by atoms with Crippen molar-refractivity contribution in [3.63, 3.8) is 0 Å². The van der Waals surface area contributed by atoms with Gasteiger partial charge in [-0.3, -0.25) is 9.59 Å². The topological polar surface area (TPSA) is 57.6 Å². The van der Waals surface area contributed by atoms with Crippen molar-refractivity contribution in [2.45, 2.75) is 66.3 Å². The Balaban J connectivity index is 2.97. The Morgan fingerprint density at radius 2 is 1.95 bits per heavy atom. The zero-order chi connectivity index (χ0) is 16.9.